The first-order chi connectivity index (χ1) is 17.2. The Labute approximate surface area is 204 Å². The Bertz CT molecular complexity index is 1450. The lowest BCUT2D eigenvalue weighted by Crippen LogP contribution is -2.18. The minimum Gasteiger partial charge on any atom is -0.311 e. The van der Waals surface area contributed by atoms with Crippen LogP contribution in [0.3, 0.4) is 0 Å². The second-order valence-electron chi connectivity index (χ2n) is 8.90. The number of hydrogen-bond donors (Lipinski definition) is 0. The second kappa shape index (κ2) is 8.69. The summed E-state index contributed by atoms with van der Waals surface area (Å²) >= 11 is 0. The van der Waals surface area contributed by atoms with Gasteiger partial charge in [0.25, 0.3) is 0 Å². The number of nitrogens with zero attached hydrogens (tertiary/aromatic N) is 1. The zero-order valence-electron chi connectivity index (χ0n) is 19.1. The molecular formula is C32H23NO2. The maximum absolute atomic E-state index is 13.2. The molecule has 0 saturated heterocycles. The fourth-order valence-corrected chi connectivity index (χ4v) is 4.95. The predicted molar refractivity (Wildman–Crippen MR) is 141 cm³/mol. The number of hydrogen-bond acceptors (Lipinski definition) is 3. The smallest absolute Gasteiger partial charge is 0.174 e. The number of rotatable bonds is 5. The van der Waals surface area contributed by atoms with E-state index in [4.69, 9.17) is 0 Å². The maximum atomic E-state index is 13.2. The molecule has 0 aromatic heterocycles. The lowest BCUT2D eigenvalue weighted by atomic mass is 9.94. The Morgan fingerprint density at radius 3 is 1.43 bits per heavy atom. The third kappa shape index (κ3) is 3.81. The number of Topliss-reactive ketones (excluding diaryl/α,β-unsaturated/α-hetero) is 2. The first-order valence-electron chi connectivity index (χ1n) is 11.8. The summed E-state index contributed by atoms with van der Waals surface area (Å²) in [5.74, 6) is -0.808. The van der Waals surface area contributed by atoms with Crippen LogP contribution < -0.4 is 4.90 Å². The van der Waals surface area contributed by atoms with Gasteiger partial charge in [-0.3, -0.25) is 9.59 Å². The molecule has 0 aliphatic heterocycles. The molecule has 6 rings (SSSR count). The molecule has 0 heterocycles. The van der Waals surface area contributed by atoms with E-state index in [9.17, 15) is 9.59 Å². The number of para-hydroxylation sites is 2. The zero-order chi connectivity index (χ0) is 23.8. The third-order valence-corrected chi connectivity index (χ3v) is 6.71. The molecule has 0 amide bonds. The van der Waals surface area contributed by atoms with Gasteiger partial charge < -0.3 is 4.90 Å². The minimum absolute atomic E-state index is 0.0740. The molecular weight excluding hydrogens is 430 g/mol. The van der Waals surface area contributed by atoms with Crippen LogP contribution in [0.25, 0.3) is 10.8 Å². The molecule has 35 heavy (non-hydrogen) atoms. The summed E-state index contributed by atoms with van der Waals surface area (Å²) in [7, 11) is 0. The van der Waals surface area contributed by atoms with Gasteiger partial charge >= 0.3 is 0 Å². The topological polar surface area (TPSA) is 37.4 Å². The van der Waals surface area contributed by atoms with Crippen LogP contribution >= 0.6 is 0 Å². The molecule has 0 spiro atoms. The summed E-state index contributed by atoms with van der Waals surface area (Å²) in [6.45, 7) is 0. The van der Waals surface area contributed by atoms with Crippen LogP contribution in [0.15, 0.2) is 121 Å². The Kier molecular flexibility index (Phi) is 5.23. The van der Waals surface area contributed by atoms with E-state index in [0.717, 1.165) is 33.4 Å². The van der Waals surface area contributed by atoms with Crippen molar-refractivity contribution in [2.45, 2.75) is 6.42 Å². The predicted octanol–water partition coefficient (Wildman–Crippen LogP) is 7.55. The number of carbonyl (C=O) groups excluding carboxylic acids is 2. The van der Waals surface area contributed by atoms with E-state index in [1.165, 1.54) is 0 Å². The van der Waals surface area contributed by atoms with Crippen molar-refractivity contribution in [3.63, 3.8) is 0 Å². The van der Waals surface area contributed by atoms with Gasteiger partial charge in [0, 0.05) is 28.2 Å². The third-order valence-electron chi connectivity index (χ3n) is 6.71. The molecule has 0 saturated carbocycles. The molecule has 1 aliphatic rings. The Morgan fingerprint density at radius 2 is 0.943 bits per heavy atom. The highest BCUT2D eigenvalue weighted by atomic mass is 16.2. The molecule has 0 atom stereocenters. The maximum Gasteiger partial charge on any atom is 0.174 e. The van der Waals surface area contributed by atoms with Gasteiger partial charge in [-0.2, -0.15) is 0 Å². The lowest BCUT2D eigenvalue weighted by molar-refractivity contribution is 0.0838. The van der Waals surface area contributed by atoms with Crippen LogP contribution in [0.2, 0.25) is 0 Å². The SMILES string of the molecule is O=C1c2cc3ccccc3cc2C(=O)C1Cc1ccc(N(c2ccccc2)c2ccccc2)cc1. The monoisotopic (exact) mass is 453 g/mol. The van der Waals surface area contributed by atoms with E-state index in [1.807, 2.05) is 84.9 Å². The molecule has 0 unspecified atom stereocenters. The standard InChI is InChI=1S/C32H23NO2/c34-31-28-20-23-9-7-8-10-24(23)21-29(28)32(35)30(31)19-22-15-17-27(18-16-22)33(25-11-3-1-4-12-25)26-13-5-2-6-14-26/h1-18,20-21,30H,19H2. The molecule has 1 aliphatic carbocycles. The van der Waals surface area contributed by atoms with Crippen molar-refractivity contribution in [1.82, 2.24) is 0 Å². The van der Waals surface area contributed by atoms with Crippen LogP contribution in [0.4, 0.5) is 17.1 Å². The normalized spacial score (nSPS) is 13.3. The molecule has 168 valence electrons. The van der Waals surface area contributed by atoms with E-state index in [1.54, 1.807) is 0 Å². The van der Waals surface area contributed by atoms with Gasteiger partial charge in [-0.15, -0.1) is 0 Å². The average Bonchev–Trinajstić information content (AvgIpc) is 3.14. The Hall–Kier alpha value is -4.50. The fourth-order valence-electron chi connectivity index (χ4n) is 4.95. The van der Waals surface area contributed by atoms with Crippen molar-refractivity contribution in [2.75, 3.05) is 4.90 Å². The van der Waals surface area contributed by atoms with Crippen molar-refractivity contribution in [3.05, 3.63) is 138 Å². The van der Waals surface area contributed by atoms with E-state index >= 15 is 0 Å². The summed E-state index contributed by atoms with van der Waals surface area (Å²) < 4.78 is 0. The number of fused-ring (bicyclic) bond motifs is 2. The van der Waals surface area contributed by atoms with Gasteiger partial charge in [0.1, 0.15) is 0 Å². The van der Waals surface area contributed by atoms with Gasteiger partial charge in [0.15, 0.2) is 11.6 Å². The van der Waals surface area contributed by atoms with E-state index in [2.05, 4.69) is 41.3 Å². The number of anilines is 3. The van der Waals surface area contributed by atoms with Crippen molar-refractivity contribution in [2.24, 2.45) is 5.92 Å². The second-order valence-corrected chi connectivity index (χ2v) is 8.90. The van der Waals surface area contributed by atoms with Crippen molar-refractivity contribution in [3.8, 4) is 0 Å². The fraction of sp³-hybridized carbons (Fsp3) is 0.0625. The summed E-state index contributed by atoms with van der Waals surface area (Å²) in [5.41, 5.74) is 5.22. The highest BCUT2D eigenvalue weighted by Gasteiger charge is 2.38. The van der Waals surface area contributed by atoms with Crippen LogP contribution in [-0.2, 0) is 6.42 Å². The Balaban J connectivity index is 1.29. The van der Waals surface area contributed by atoms with Crippen molar-refractivity contribution in [1.29, 1.82) is 0 Å². The molecule has 0 fully saturated rings. The first-order valence-corrected chi connectivity index (χ1v) is 11.8. The molecule has 0 N–H and O–H groups in total. The van der Waals surface area contributed by atoms with Crippen LogP contribution in [-0.4, -0.2) is 11.6 Å². The lowest BCUT2D eigenvalue weighted by Gasteiger charge is -2.25. The number of carbonyl (C=O) groups is 2. The van der Waals surface area contributed by atoms with Gasteiger partial charge in [-0.25, -0.2) is 0 Å². The van der Waals surface area contributed by atoms with Crippen LogP contribution in [0.1, 0.15) is 26.3 Å². The summed E-state index contributed by atoms with van der Waals surface area (Å²) in [4.78, 5) is 28.5. The number of benzene rings is 5. The zero-order valence-corrected chi connectivity index (χ0v) is 19.1. The van der Waals surface area contributed by atoms with Crippen molar-refractivity contribution < 1.29 is 9.59 Å². The largest absolute Gasteiger partial charge is 0.311 e. The highest BCUT2D eigenvalue weighted by molar-refractivity contribution is 6.27. The minimum atomic E-state index is -0.660. The van der Waals surface area contributed by atoms with Gasteiger partial charge in [0.05, 0.1) is 5.92 Å². The molecule has 5 aromatic carbocycles. The summed E-state index contributed by atoms with van der Waals surface area (Å²) in [6, 6.07) is 40.2. The van der Waals surface area contributed by atoms with E-state index in [-0.39, 0.29) is 11.6 Å². The molecule has 0 bridgehead atoms. The molecule has 5 aromatic rings. The van der Waals surface area contributed by atoms with Gasteiger partial charge in [-0.05, 0) is 71.3 Å². The van der Waals surface area contributed by atoms with Gasteiger partial charge in [-0.1, -0.05) is 72.8 Å². The Morgan fingerprint density at radius 1 is 0.514 bits per heavy atom. The average molecular weight is 454 g/mol. The summed E-state index contributed by atoms with van der Waals surface area (Å²) in [6.07, 6.45) is 0.402. The van der Waals surface area contributed by atoms with Crippen molar-refractivity contribution >= 4 is 39.4 Å². The molecule has 0 radical (unpaired) electrons. The van der Waals surface area contributed by atoms with E-state index in [0.29, 0.717) is 17.5 Å². The van der Waals surface area contributed by atoms with Gasteiger partial charge in [0.2, 0.25) is 0 Å². The first kappa shape index (κ1) is 21.1. The quantitative estimate of drug-likeness (QED) is 0.258. The van der Waals surface area contributed by atoms with Crippen LogP contribution in [0.5, 0.6) is 0 Å². The van der Waals surface area contributed by atoms with E-state index < -0.39 is 5.92 Å². The number of ketones is 2. The van der Waals surface area contributed by atoms with Crippen LogP contribution in [0, 0.1) is 5.92 Å². The molecule has 3 nitrogen and oxygen atoms in total. The summed E-state index contributed by atoms with van der Waals surface area (Å²) in [5, 5.41) is 1.97. The molecule has 3 heteroatoms. The highest BCUT2D eigenvalue weighted by Crippen LogP contribution is 2.36.